The number of carbonyl (C=O) groups is 11. The largest absolute Gasteiger partial charge is 0.481 e. The average Bonchev–Trinajstić information content (AvgIpc) is 3.26. The standard InChI is InChI=1S/C43H77N11O15/c1-9-23(8)34(43(68)69)54-36(61)25(13-14-30(45)57)47-37(62)27(17-31(58)59)50-39(64)28(18-55)51-35(60)24(12-10-11-15-44)48-42(67)33(22(6)7)53-38(63)26(16-20(2)3)49-40(65)29(19-56)52-41(66)32(46)21(4)5/h20-29,32-34,55-56H,9-19,44,46H2,1-8H3,(H2,45,57)(H,47,62)(H,48,67)(H,49,65)(H,50,64)(H,51,60)(H,52,66)(H,53,63)(H,54,61)(H,58,59)(H,68,69)/t23-,24-,25-,26-,27-,28-,29-,32-,33-,34-/m0/s1. The predicted octanol–water partition coefficient (Wildman–Crippen LogP) is -4.47. The number of rotatable bonds is 34. The maximum atomic E-state index is 13.9. The Morgan fingerprint density at radius 2 is 0.928 bits per heavy atom. The first-order valence-electron chi connectivity index (χ1n) is 23.0. The lowest BCUT2D eigenvalue weighted by Gasteiger charge is -2.29. The molecule has 9 amide bonds. The van der Waals surface area contributed by atoms with Crippen molar-refractivity contribution in [1.82, 2.24) is 42.5 Å². The third-order valence-electron chi connectivity index (χ3n) is 10.9. The summed E-state index contributed by atoms with van der Waals surface area (Å²) in [6.45, 7) is 11.5. The van der Waals surface area contributed by atoms with E-state index >= 15 is 0 Å². The Bertz CT molecular complexity index is 1770. The zero-order chi connectivity index (χ0) is 53.3. The van der Waals surface area contributed by atoms with Gasteiger partial charge >= 0.3 is 11.9 Å². The molecule has 0 bridgehead atoms. The Balaban J connectivity index is 6.44. The molecule has 0 radical (unpaired) electrons. The van der Waals surface area contributed by atoms with E-state index in [9.17, 15) is 73.2 Å². The van der Waals surface area contributed by atoms with E-state index in [2.05, 4.69) is 42.5 Å². The van der Waals surface area contributed by atoms with Crippen molar-refractivity contribution in [3.8, 4) is 0 Å². The minimum Gasteiger partial charge on any atom is -0.481 e. The fraction of sp³-hybridized carbons (Fsp3) is 0.744. The smallest absolute Gasteiger partial charge is 0.326 e. The zero-order valence-corrected chi connectivity index (χ0v) is 40.8. The van der Waals surface area contributed by atoms with Crippen LogP contribution in [0.5, 0.6) is 0 Å². The second-order valence-corrected chi connectivity index (χ2v) is 18.0. The van der Waals surface area contributed by atoms with Crippen LogP contribution in [0.1, 0.15) is 107 Å². The van der Waals surface area contributed by atoms with Gasteiger partial charge in [-0.3, -0.25) is 47.9 Å². The third-order valence-corrected chi connectivity index (χ3v) is 10.9. The van der Waals surface area contributed by atoms with Gasteiger partial charge in [0.25, 0.3) is 0 Å². The number of carboxylic acids is 2. The van der Waals surface area contributed by atoms with Gasteiger partial charge in [0.2, 0.25) is 53.2 Å². The van der Waals surface area contributed by atoms with Crippen LogP contribution in [0.2, 0.25) is 0 Å². The first kappa shape index (κ1) is 63.0. The van der Waals surface area contributed by atoms with E-state index in [-0.39, 0.29) is 37.6 Å². The van der Waals surface area contributed by atoms with Crippen molar-refractivity contribution in [1.29, 1.82) is 0 Å². The van der Waals surface area contributed by atoms with Crippen LogP contribution < -0.4 is 59.7 Å². The summed E-state index contributed by atoms with van der Waals surface area (Å²) in [7, 11) is 0. The number of hydrogen-bond acceptors (Lipinski definition) is 15. The molecule has 0 aliphatic carbocycles. The fourth-order valence-electron chi connectivity index (χ4n) is 6.44. The average molecular weight is 988 g/mol. The number of amides is 9. The van der Waals surface area contributed by atoms with Gasteiger partial charge in [-0.05, 0) is 62.3 Å². The van der Waals surface area contributed by atoms with Gasteiger partial charge in [0.15, 0.2) is 0 Å². The summed E-state index contributed by atoms with van der Waals surface area (Å²) >= 11 is 0. The molecule has 0 rings (SSSR count). The molecule has 0 saturated carbocycles. The summed E-state index contributed by atoms with van der Waals surface area (Å²) in [5.74, 6) is -13.5. The summed E-state index contributed by atoms with van der Waals surface area (Å²) in [6.07, 6.45) is -1.06. The van der Waals surface area contributed by atoms with Crippen LogP contribution in [0.15, 0.2) is 0 Å². The third kappa shape index (κ3) is 23.2. The topological polar surface area (TPSA) is 443 Å². The molecule has 69 heavy (non-hydrogen) atoms. The van der Waals surface area contributed by atoms with Gasteiger partial charge in [0.1, 0.15) is 48.3 Å². The number of nitrogens with one attached hydrogen (secondary N) is 8. The minimum absolute atomic E-state index is 0.0577. The van der Waals surface area contributed by atoms with E-state index in [1.165, 1.54) is 0 Å². The van der Waals surface area contributed by atoms with Gasteiger partial charge in [0.05, 0.1) is 25.7 Å². The molecule has 0 saturated heterocycles. The molecule has 0 fully saturated rings. The van der Waals surface area contributed by atoms with E-state index in [4.69, 9.17) is 17.2 Å². The van der Waals surface area contributed by atoms with Gasteiger partial charge in [-0.25, -0.2) is 4.79 Å². The van der Waals surface area contributed by atoms with E-state index < -0.39 is 164 Å². The molecule has 0 aromatic heterocycles. The number of nitrogens with two attached hydrogens (primary N) is 3. The lowest BCUT2D eigenvalue weighted by molar-refractivity contribution is -0.144. The second-order valence-electron chi connectivity index (χ2n) is 18.0. The molecule has 0 aromatic carbocycles. The maximum absolute atomic E-state index is 13.9. The van der Waals surface area contributed by atoms with Crippen LogP contribution in [0.3, 0.4) is 0 Å². The van der Waals surface area contributed by atoms with E-state index in [1.54, 1.807) is 55.4 Å². The van der Waals surface area contributed by atoms with Crippen LogP contribution in [0, 0.1) is 23.7 Å². The quantitative estimate of drug-likeness (QED) is 0.0270. The molecule has 26 nitrogen and oxygen atoms in total. The maximum Gasteiger partial charge on any atom is 0.326 e. The Morgan fingerprint density at radius 3 is 1.38 bits per heavy atom. The molecule has 10 atom stereocenters. The van der Waals surface area contributed by atoms with Crippen molar-refractivity contribution < 1.29 is 73.2 Å². The highest BCUT2D eigenvalue weighted by atomic mass is 16.4. The summed E-state index contributed by atoms with van der Waals surface area (Å²) in [6, 6.07) is -13.4. The lowest BCUT2D eigenvalue weighted by Crippen LogP contribution is -2.62. The number of aliphatic hydroxyl groups excluding tert-OH is 2. The Labute approximate surface area is 401 Å². The number of aliphatic carboxylic acids is 2. The molecule has 18 N–H and O–H groups in total. The van der Waals surface area contributed by atoms with E-state index in [1.807, 2.05) is 0 Å². The molecule has 394 valence electrons. The Kier molecular flexibility index (Phi) is 29.2. The van der Waals surface area contributed by atoms with Gasteiger partial charge in [-0.2, -0.15) is 0 Å². The Hall–Kier alpha value is -5.99. The van der Waals surface area contributed by atoms with Crippen molar-refractivity contribution >= 4 is 65.1 Å². The van der Waals surface area contributed by atoms with Gasteiger partial charge in [-0.15, -0.1) is 0 Å². The number of unbranched alkanes of at least 4 members (excludes halogenated alkanes) is 1. The SMILES string of the molecule is CC[C@H](C)[C@H](NC(=O)[C@H](CCC(N)=O)NC(=O)[C@H](CC(=O)O)NC(=O)[C@H](CO)NC(=O)[C@H](CCCCN)NC(=O)[C@@H](NC(=O)[C@H](CC(C)C)NC(=O)[C@H](CO)NC(=O)[C@@H](N)C(C)C)C(C)C)C(=O)O. The molecule has 0 heterocycles. The molecule has 0 aromatic rings. The first-order chi connectivity index (χ1) is 32.1. The first-order valence-corrected chi connectivity index (χ1v) is 23.0. The van der Waals surface area contributed by atoms with E-state index in [0.29, 0.717) is 12.8 Å². The molecule has 0 unspecified atom stereocenters. The van der Waals surface area contributed by atoms with Crippen molar-refractivity contribution in [2.45, 2.75) is 161 Å². The van der Waals surface area contributed by atoms with Crippen LogP contribution in [-0.2, 0) is 52.7 Å². The van der Waals surface area contributed by atoms with Crippen molar-refractivity contribution in [2.24, 2.45) is 40.9 Å². The molecular weight excluding hydrogens is 911 g/mol. The number of carboxylic acid groups (broad SMARTS) is 2. The number of primary amides is 1. The van der Waals surface area contributed by atoms with Crippen molar-refractivity contribution in [3.05, 3.63) is 0 Å². The molecule has 0 spiro atoms. The van der Waals surface area contributed by atoms with Crippen molar-refractivity contribution in [3.63, 3.8) is 0 Å². The second kappa shape index (κ2) is 31.9. The zero-order valence-electron chi connectivity index (χ0n) is 40.8. The lowest BCUT2D eigenvalue weighted by atomic mass is 9.98. The highest BCUT2D eigenvalue weighted by Gasteiger charge is 2.37. The molecule has 26 heteroatoms. The minimum atomic E-state index is -1.97. The molecule has 0 aliphatic rings. The summed E-state index contributed by atoms with van der Waals surface area (Å²) in [4.78, 5) is 143. The number of carbonyl (C=O) groups excluding carboxylic acids is 9. The van der Waals surface area contributed by atoms with Crippen molar-refractivity contribution in [2.75, 3.05) is 19.8 Å². The monoisotopic (exact) mass is 988 g/mol. The normalized spacial score (nSPS) is 15.6. The van der Waals surface area contributed by atoms with Crippen LogP contribution >= 0.6 is 0 Å². The van der Waals surface area contributed by atoms with E-state index in [0.717, 1.165) is 0 Å². The summed E-state index contributed by atoms with van der Waals surface area (Å²) < 4.78 is 0. The van der Waals surface area contributed by atoms with Crippen LogP contribution in [0.25, 0.3) is 0 Å². The molecular formula is C43H77N11O15. The predicted molar refractivity (Wildman–Crippen MR) is 247 cm³/mol. The van der Waals surface area contributed by atoms with Gasteiger partial charge in [-0.1, -0.05) is 61.8 Å². The number of hydrogen-bond donors (Lipinski definition) is 15. The summed E-state index contributed by atoms with van der Waals surface area (Å²) in [5, 5.41) is 58.2. The fourth-order valence-corrected chi connectivity index (χ4v) is 6.44. The highest BCUT2D eigenvalue weighted by Crippen LogP contribution is 2.12. The number of aliphatic hydroxyl groups is 2. The van der Waals surface area contributed by atoms with Gasteiger partial charge < -0.3 is 80.2 Å². The van der Waals surface area contributed by atoms with Gasteiger partial charge in [0, 0.05) is 6.42 Å². The highest BCUT2D eigenvalue weighted by molar-refractivity contribution is 5.99. The summed E-state index contributed by atoms with van der Waals surface area (Å²) in [5.41, 5.74) is 16.8. The Morgan fingerprint density at radius 1 is 0.507 bits per heavy atom. The van der Waals surface area contributed by atoms with Crippen LogP contribution in [-0.4, -0.2) is 160 Å². The van der Waals surface area contributed by atoms with Crippen LogP contribution in [0.4, 0.5) is 0 Å². The molecule has 0 aliphatic heterocycles.